The Bertz CT molecular complexity index is 935. The Hall–Kier alpha value is -2.90. The Balaban J connectivity index is 2.27. The van der Waals surface area contributed by atoms with E-state index in [1.165, 1.54) is 29.5 Å². The van der Waals surface area contributed by atoms with Gasteiger partial charge >= 0.3 is 0 Å². The lowest BCUT2D eigenvalue weighted by molar-refractivity contribution is 0.628. The molecule has 0 N–H and O–H groups in total. The molecule has 0 unspecified atom stereocenters. The molecule has 0 aliphatic heterocycles. The van der Waals surface area contributed by atoms with Crippen LogP contribution in [0, 0.1) is 24.0 Å². The third kappa shape index (κ3) is 3.94. The highest BCUT2D eigenvalue weighted by Crippen LogP contribution is 2.36. The number of terminal acetylenes is 1. The first kappa shape index (κ1) is 18.9. The van der Waals surface area contributed by atoms with Gasteiger partial charge in [-0.1, -0.05) is 37.7 Å². The first-order valence-corrected chi connectivity index (χ1v) is 12.2. The summed E-state index contributed by atoms with van der Waals surface area (Å²) in [4.78, 5) is 1.94. The van der Waals surface area contributed by atoms with E-state index >= 15 is 0 Å². The summed E-state index contributed by atoms with van der Waals surface area (Å²) in [5.41, 5.74) is 3.17. The van der Waals surface area contributed by atoms with Gasteiger partial charge in [0, 0.05) is 16.9 Å². The van der Waals surface area contributed by atoms with Gasteiger partial charge in [0.1, 0.15) is 11.6 Å². The molecule has 0 aliphatic rings. The van der Waals surface area contributed by atoms with Gasteiger partial charge in [0.2, 0.25) is 0 Å². The highest BCUT2D eigenvalue weighted by atomic mass is 28.3. The van der Waals surface area contributed by atoms with Crippen LogP contribution in [-0.4, -0.2) is 8.07 Å². The quantitative estimate of drug-likeness (QED) is 0.400. The molecule has 0 amide bonds. The first-order chi connectivity index (χ1) is 12.8. The fourth-order valence-electron chi connectivity index (χ4n) is 3.11. The minimum atomic E-state index is -1.69. The number of anilines is 3. The zero-order valence-electron chi connectivity index (χ0n) is 15.6. The van der Waals surface area contributed by atoms with E-state index in [1.54, 1.807) is 24.3 Å². The smallest absolute Gasteiger partial charge is 0.123 e. The van der Waals surface area contributed by atoms with Crippen LogP contribution in [-0.2, 0) is 0 Å². The average molecular weight is 378 g/mol. The van der Waals surface area contributed by atoms with Gasteiger partial charge in [0.25, 0.3) is 0 Å². The van der Waals surface area contributed by atoms with Crippen LogP contribution in [0.4, 0.5) is 25.8 Å². The molecule has 0 fully saturated rings. The fourth-order valence-corrected chi connectivity index (χ4v) is 4.66. The van der Waals surface area contributed by atoms with Crippen LogP contribution in [0.1, 0.15) is 5.56 Å². The topological polar surface area (TPSA) is 3.24 Å². The van der Waals surface area contributed by atoms with Crippen LogP contribution in [0.15, 0.2) is 66.7 Å². The minimum Gasteiger partial charge on any atom is -0.309 e. The summed E-state index contributed by atoms with van der Waals surface area (Å²) >= 11 is 0. The summed E-state index contributed by atoms with van der Waals surface area (Å²) in [6.45, 7) is 6.73. The number of nitrogens with zero attached hydrogens (tertiary/aromatic N) is 1. The third-order valence-corrected chi connectivity index (χ3v) is 6.44. The largest absolute Gasteiger partial charge is 0.309 e. The second-order valence-corrected chi connectivity index (χ2v) is 12.4. The number of rotatable bonds is 4. The van der Waals surface area contributed by atoms with Gasteiger partial charge in [-0.3, -0.25) is 0 Å². The van der Waals surface area contributed by atoms with Crippen LogP contribution >= 0.6 is 0 Å². The van der Waals surface area contributed by atoms with Crippen molar-refractivity contribution < 1.29 is 8.78 Å². The van der Waals surface area contributed by atoms with Gasteiger partial charge in [-0.25, -0.2) is 8.78 Å². The number of halogens is 2. The van der Waals surface area contributed by atoms with Crippen molar-refractivity contribution in [3.05, 3.63) is 83.9 Å². The Morgan fingerprint density at radius 3 is 1.67 bits per heavy atom. The van der Waals surface area contributed by atoms with E-state index in [0.717, 1.165) is 22.6 Å². The highest BCUT2D eigenvalue weighted by molar-refractivity contribution is 6.89. The molecule has 3 aromatic rings. The zero-order chi connectivity index (χ0) is 19.6. The molecular weight excluding hydrogens is 356 g/mol. The SMILES string of the molecule is C#Cc1c(N(c2ccc(F)cc2)c2ccc(F)cc2)cccc1[Si](C)(C)C. The molecule has 27 heavy (non-hydrogen) atoms. The Morgan fingerprint density at radius 1 is 0.778 bits per heavy atom. The molecular formula is C23H21F2NSi. The first-order valence-electron chi connectivity index (χ1n) is 8.72. The van der Waals surface area contributed by atoms with Crippen molar-refractivity contribution in [3.8, 4) is 12.3 Å². The summed E-state index contributed by atoms with van der Waals surface area (Å²) < 4.78 is 27.0. The van der Waals surface area contributed by atoms with Crippen molar-refractivity contribution in [2.45, 2.75) is 19.6 Å². The molecule has 0 saturated heterocycles. The van der Waals surface area contributed by atoms with E-state index in [4.69, 9.17) is 6.42 Å². The molecule has 0 bridgehead atoms. The van der Waals surface area contributed by atoms with Gasteiger partial charge in [-0.15, -0.1) is 6.42 Å². The molecule has 0 radical (unpaired) electrons. The number of hydrogen-bond acceptors (Lipinski definition) is 1. The molecule has 3 rings (SSSR count). The lowest BCUT2D eigenvalue weighted by atomic mass is 10.1. The lowest BCUT2D eigenvalue weighted by Crippen LogP contribution is -2.40. The van der Waals surface area contributed by atoms with E-state index in [-0.39, 0.29) is 11.6 Å². The summed E-state index contributed by atoms with van der Waals surface area (Å²) in [5, 5.41) is 1.18. The van der Waals surface area contributed by atoms with Crippen molar-refractivity contribution in [3.63, 3.8) is 0 Å². The van der Waals surface area contributed by atoms with Crippen LogP contribution in [0.2, 0.25) is 19.6 Å². The van der Waals surface area contributed by atoms with E-state index < -0.39 is 8.07 Å². The van der Waals surface area contributed by atoms with Crippen molar-refractivity contribution in [2.24, 2.45) is 0 Å². The van der Waals surface area contributed by atoms with Crippen LogP contribution in [0.25, 0.3) is 0 Å². The maximum Gasteiger partial charge on any atom is 0.123 e. The van der Waals surface area contributed by atoms with Gasteiger partial charge in [0.05, 0.1) is 13.8 Å². The van der Waals surface area contributed by atoms with Gasteiger partial charge in [0.15, 0.2) is 0 Å². The highest BCUT2D eigenvalue weighted by Gasteiger charge is 2.24. The van der Waals surface area contributed by atoms with Gasteiger partial charge in [-0.05, 0) is 59.8 Å². The molecule has 0 spiro atoms. The maximum atomic E-state index is 13.5. The number of benzene rings is 3. The Labute approximate surface area is 160 Å². The van der Waals surface area contributed by atoms with Crippen LogP contribution in [0.5, 0.6) is 0 Å². The zero-order valence-corrected chi connectivity index (χ0v) is 16.6. The second-order valence-electron chi connectivity index (χ2n) is 7.38. The summed E-state index contributed by atoms with van der Waals surface area (Å²) in [5.74, 6) is 2.23. The Kier molecular flexibility index (Phi) is 5.16. The molecule has 0 saturated carbocycles. The van der Waals surface area contributed by atoms with E-state index in [9.17, 15) is 8.78 Å². The lowest BCUT2D eigenvalue weighted by Gasteiger charge is -2.29. The fraction of sp³-hybridized carbons (Fsp3) is 0.130. The molecule has 3 aromatic carbocycles. The van der Waals surface area contributed by atoms with E-state index in [1.807, 2.05) is 17.0 Å². The molecule has 0 atom stereocenters. The van der Waals surface area contributed by atoms with Gasteiger partial charge < -0.3 is 4.90 Å². The van der Waals surface area contributed by atoms with Crippen molar-refractivity contribution in [2.75, 3.05) is 4.90 Å². The molecule has 4 heteroatoms. The number of hydrogen-bond donors (Lipinski definition) is 0. The van der Waals surface area contributed by atoms with E-state index in [0.29, 0.717) is 0 Å². The average Bonchev–Trinajstić information content (AvgIpc) is 2.64. The molecule has 0 aliphatic carbocycles. The Morgan fingerprint density at radius 2 is 1.26 bits per heavy atom. The normalized spacial score (nSPS) is 11.1. The van der Waals surface area contributed by atoms with Crippen molar-refractivity contribution in [1.82, 2.24) is 0 Å². The standard InChI is InChI=1S/C23H21F2NSi/c1-5-21-22(7-6-8-23(21)27(2,3)4)26(19-13-9-17(24)10-14-19)20-15-11-18(25)12-16-20/h1,6-16H,2-4H3. The van der Waals surface area contributed by atoms with Crippen molar-refractivity contribution >= 4 is 30.3 Å². The summed E-state index contributed by atoms with van der Waals surface area (Å²) in [6, 6.07) is 18.4. The molecule has 0 heterocycles. The van der Waals surface area contributed by atoms with E-state index in [2.05, 4.69) is 31.6 Å². The molecule has 1 nitrogen and oxygen atoms in total. The second kappa shape index (κ2) is 7.38. The minimum absolute atomic E-state index is 0.314. The summed E-state index contributed by atoms with van der Waals surface area (Å²) in [7, 11) is -1.69. The van der Waals surface area contributed by atoms with Gasteiger partial charge in [-0.2, -0.15) is 0 Å². The third-order valence-electron chi connectivity index (χ3n) is 4.41. The summed E-state index contributed by atoms with van der Waals surface area (Å²) in [6.07, 6.45) is 5.92. The predicted molar refractivity (Wildman–Crippen MR) is 112 cm³/mol. The maximum absolute atomic E-state index is 13.5. The van der Waals surface area contributed by atoms with Crippen LogP contribution < -0.4 is 10.1 Å². The van der Waals surface area contributed by atoms with Crippen molar-refractivity contribution in [1.29, 1.82) is 0 Å². The monoisotopic (exact) mass is 377 g/mol. The molecule has 0 aromatic heterocycles. The predicted octanol–water partition coefficient (Wildman–Crippen LogP) is 5.96. The van der Waals surface area contributed by atoms with Crippen LogP contribution in [0.3, 0.4) is 0 Å². The molecule has 136 valence electrons.